The van der Waals surface area contributed by atoms with Crippen LogP contribution in [0.1, 0.15) is 35.7 Å². The van der Waals surface area contributed by atoms with E-state index in [2.05, 4.69) is 0 Å². The van der Waals surface area contributed by atoms with Crippen molar-refractivity contribution in [2.45, 2.75) is 31.5 Å². The molecule has 1 fully saturated rings. The monoisotopic (exact) mass is 305 g/mol. The smallest absolute Gasteiger partial charge is 0.388 e. The van der Waals surface area contributed by atoms with Gasteiger partial charge in [-0.2, -0.15) is 13.2 Å². The van der Waals surface area contributed by atoms with E-state index in [1.54, 1.807) is 0 Å². The first kappa shape index (κ1) is 15.8. The zero-order valence-electron chi connectivity index (χ0n) is 11.4. The summed E-state index contributed by atoms with van der Waals surface area (Å²) in [5.41, 5.74) is -2.80. The lowest BCUT2D eigenvalue weighted by molar-refractivity contribution is -0.137. The summed E-state index contributed by atoms with van der Waals surface area (Å²) >= 11 is 0. The lowest BCUT2D eigenvalue weighted by Crippen LogP contribution is -2.48. The topological polar surface area (TPSA) is 40.5 Å². The van der Waals surface area contributed by atoms with Gasteiger partial charge < -0.3 is 10.0 Å². The Labute approximate surface area is 119 Å². The number of hydrogen-bond donors (Lipinski definition) is 1. The number of aliphatic hydroxyl groups is 1. The summed E-state index contributed by atoms with van der Waals surface area (Å²) in [5, 5.41) is 9.93. The Bertz CT molecular complexity index is 554. The third kappa shape index (κ3) is 3.53. The molecule has 0 saturated carbocycles. The van der Waals surface area contributed by atoms with Crippen LogP contribution in [-0.2, 0) is 6.18 Å². The molecule has 1 aliphatic heterocycles. The number of alkyl halides is 3. The van der Waals surface area contributed by atoms with Gasteiger partial charge in [0.15, 0.2) is 0 Å². The fourth-order valence-electron chi connectivity index (χ4n) is 2.43. The predicted octanol–water partition coefficient (Wildman–Crippen LogP) is 2.83. The van der Waals surface area contributed by atoms with Crippen LogP contribution in [0.3, 0.4) is 0 Å². The zero-order valence-corrected chi connectivity index (χ0v) is 11.4. The summed E-state index contributed by atoms with van der Waals surface area (Å²) in [6, 6.07) is 1.75. The van der Waals surface area contributed by atoms with E-state index >= 15 is 0 Å². The number of halogens is 4. The lowest BCUT2D eigenvalue weighted by atomic mass is 9.94. The van der Waals surface area contributed by atoms with Crippen molar-refractivity contribution in [1.29, 1.82) is 0 Å². The molecule has 21 heavy (non-hydrogen) atoms. The molecule has 0 aromatic heterocycles. The lowest BCUT2D eigenvalue weighted by Gasteiger charge is -2.36. The molecule has 0 bridgehead atoms. The SMILES string of the molecule is CC1(O)CCCN(C(=O)c2cc(C(F)(F)F)ccc2F)C1. The number of piperidine rings is 1. The molecule has 2 rings (SSSR count). The second kappa shape index (κ2) is 5.29. The zero-order chi connectivity index (χ0) is 15.8. The minimum Gasteiger partial charge on any atom is -0.388 e. The van der Waals surface area contributed by atoms with Gasteiger partial charge in [0, 0.05) is 13.1 Å². The molecule has 1 aliphatic rings. The van der Waals surface area contributed by atoms with Crippen LogP contribution in [0.5, 0.6) is 0 Å². The molecule has 1 saturated heterocycles. The number of likely N-dealkylation sites (tertiary alicyclic amines) is 1. The maximum Gasteiger partial charge on any atom is 0.416 e. The van der Waals surface area contributed by atoms with Gasteiger partial charge >= 0.3 is 6.18 Å². The highest BCUT2D eigenvalue weighted by Gasteiger charge is 2.35. The first-order valence-electron chi connectivity index (χ1n) is 6.48. The summed E-state index contributed by atoms with van der Waals surface area (Å²) in [5.74, 6) is -1.84. The highest BCUT2D eigenvalue weighted by Crippen LogP contribution is 2.31. The highest BCUT2D eigenvalue weighted by molar-refractivity contribution is 5.94. The molecule has 1 aromatic rings. The maximum atomic E-state index is 13.7. The summed E-state index contributed by atoms with van der Waals surface area (Å²) in [6.07, 6.45) is -3.64. The molecule has 7 heteroatoms. The van der Waals surface area contributed by atoms with Crippen molar-refractivity contribution in [3.8, 4) is 0 Å². The van der Waals surface area contributed by atoms with Crippen LogP contribution in [0.15, 0.2) is 18.2 Å². The van der Waals surface area contributed by atoms with Crippen LogP contribution in [0.4, 0.5) is 17.6 Å². The maximum absolute atomic E-state index is 13.7. The molecular formula is C14H15F4NO2. The Hall–Kier alpha value is -1.63. The van der Waals surface area contributed by atoms with E-state index in [1.807, 2.05) is 0 Å². The molecule has 0 spiro atoms. The van der Waals surface area contributed by atoms with Crippen molar-refractivity contribution >= 4 is 5.91 Å². The van der Waals surface area contributed by atoms with Gasteiger partial charge in [-0.1, -0.05) is 0 Å². The summed E-state index contributed by atoms with van der Waals surface area (Å²) in [4.78, 5) is 13.4. The fourth-order valence-corrected chi connectivity index (χ4v) is 2.43. The van der Waals surface area contributed by atoms with E-state index in [0.717, 1.165) is 0 Å². The van der Waals surface area contributed by atoms with Crippen molar-refractivity contribution in [2.75, 3.05) is 13.1 Å². The van der Waals surface area contributed by atoms with Crippen molar-refractivity contribution in [1.82, 2.24) is 4.90 Å². The molecular weight excluding hydrogens is 290 g/mol. The number of β-amino-alcohol motifs (C(OH)–C–C–N with tert-alkyl or cyclic N) is 1. The van der Waals surface area contributed by atoms with Crippen LogP contribution in [0, 0.1) is 5.82 Å². The number of carbonyl (C=O) groups is 1. The third-order valence-electron chi connectivity index (χ3n) is 3.49. The van der Waals surface area contributed by atoms with Crippen LogP contribution in [0.2, 0.25) is 0 Å². The molecule has 1 unspecified atom stereocenters. The summed E-state index contributed by atoms with van der Waals surface area (Å²) < 4.78 is 51.6. The summed E-state index contributed by atoms with van der Waals surface area (Å²) in [7, 11) is 0. The molecule has 1 atom stereocenters. The molecule has 0 radical (unpaired) electrons. The van der Waals surface area contributed by atoms with Gasteiger partial charge in [0.05, 0.1) is 16.7 Å². The van der Waals surface area contributed by atoms with Gasteiger partial charge in [-0.3, -0.25) is 4.79 Å². The van der Waals surface area contributed by atoms with Crippen molar-refractivity contribution in [2.24, 2.45) is 0 Å². The van der Waals surface area contributed by atoms with Gasteiger partial charge in [-0.05, 0) is 38.0 Å². The van der Waals surface area contributed by atoms with Crippen LogP contribution in [-0.4, -0.2) is 34.6 Å². The summed E-state index contributed by atoms with van der Waals surface area (Å²) in [6.45, 7) is 1.79. The first-order valence-corrected chi connectivity index (χ1v) is 6.48. The molecule has 116 valence electrons. The fraction of sp³-hybridized carbons (Fsp3) is 0.500. The Balaban J connectivity index is 2.30. The van der Waals surface area contributed by atoms with Crippen molar-refractivity contribution in [3.05, 3.63) is 35.1 Å². The molecule has 1 heterocycles. The van der Waals surface area contributed by atoms with Crippen LogP contribution in [0.25, 0.3) is 0 Å². The van der Waals surface area contributed by atoms with E-state index in [1.165, 1.54) is 11.8 Å². The third-order valence-corrected chi connectivity index (χ3v) is 3.49. The normalized spacial score (nSPS) is 23.2. The number of benzene rings is 1. The van der Waals surface area contributed by atoms with Gasteiger partial charge in [-0.25, -0.2) is 4.39 Å². The second-order valence-electron chi connectivity index (χ2n) is 5.52. The van der Waals surface area contributed by atoms with Gasteiger partial charge in [0.25, 0.3) is 5.91 Å². The predicted molar refractivity (Wildman–Crippen MR) is 67.2 cm³/mol. The molecule has 1 N–H and O–H groups in total. The molecule has 0 aliphatic carbocycles. The van der Waals surface area contributed by atoms with Crippen LogP contribution >= 0.6 is 0 Å². The minimum absolute atomic E-state index is 0.0263. The van der Waals surface area contributed by atoms with Crippen molar-refractivity contribution < 1.29 is 27.5 Å². The number of amides is 1. The van der Waals surface area contributed by atoms with Crippen molar-refractivity contribution in [3.63, 3.8) is 0 Å². The van der Waals surface area contributed by atoms with Gasteiger partial charge in [-0.15, -0.1) is 0 Å². The molecule has 3 nitrogen and oxygen atoms in total. The Morgan fingerprint density at radius 3 is 2.62 bits per heavy atom. The number of carbonyl (C=O) groups excluding carboxylic acids is 1. The van der Waals surface area contributed by atoms with Crippen LogP contribution < -0.4 is 0 Å². The minimum atomic E-state index is -4.64. The van der Waals surface area contributed by atoms with Gasteiger partial charge in [0.2, 0.25) is 0 Å². The van der Waals surface area contributed by atoms with E-state index in [4.69, 9.17) is 0 Å². The van der Waals surface area contributed by atoms with E-state index in [9.17, 15) is 27.5 Å². The number of hydrogen-bond acceptors (Lipinski definition) is 2. The average molecular weight is 305 g/mol. The average Bonchev–Trinajstić information content (AvgIpc) is 2.36. The standard InChI is InChI=1S/C14H15F4NO2/c1-13(21)5-2-6-19(8-13)12(20)10-7-9(14(16,17)18)3-4-11(10)15/h3-4,7,21H,2,5-6,8H2,1H3. The number of nitrogens with zero attached hydrogens (tertiary/aromatic N) is 1. The first-order chi connectivity index (χ1) is 9.60. The largest absolute Gasteiger partial charge is 0.416 e. The number of rotatable bonds is 1. The van der Waals surface area contributed by atoms with E-state index < -0.39 is 34.6 Å². The highest BCUT2D eigenvalue weighted by atomic mass is 19.4. The quantitative estimate of drug-likeness (QED) is 0.811. The second-order valence-corrected chi connectivity index (χ2v) is 5.52. The molecule has 1 amide bonds. The van der Waals surface area contributed by atoms with Gasteiger partial charge in [0.1, 0.15) is 5.82 Å². The molecule has 1 aromatic carbocycles. The van der Waals surface area contributed by atoms with E-state index in [0.29, 0.717) is 31.0 Å². The van der Waals surface area contributed by atoms with E-state index in [-0.39, 0.29) is 13.1 Å². The Morgan fingerprint density at radius 1 is 1.38 bits per heavy atom. The Kier molecular flexibility index (Phi) is 3.97. The Morgan fingerprint density at radius 2 is 2.05 bits per heavy atom.